The van der Waals surface area contributed by atoms with Crippen molar-refractivity contribution in [3.05, 3.63) is 0 Å². The molecule has 2 N–H and O–H groups in total. The van der Waals surface area contributed by atoms with Crippen LogP contribution in [0.3, 0.4) is 0 Å². The van der Waals surface area contributed by atoms with Crippen molar-refractivity contribution in [1.29, 1.82) is 0 Å². The van der Waals surface area contributed by atoms with E-state index in [9.17, 15) is 14.4 Å². The van der Waals surface area contributed by atoms with E-state index in [0.717, 1.165) is 12.8 Å². The Kier molecular flexibility index (Phi) is 4.25. The van der Waals surface area contributed by atoms with Gasteiger partial charge in [-0.2, -0.15) is 0 Å². The fourth-order valence-electron chi connectivity index (χ4n) is 3.58. The van der Waals surface area contributed by atoms with E-state index in [1.54, 1.807) is 4.90 Å². The van der Waals surface area contributed by atoms with Gasteiger partial charge in [0.2, 0.25) is 5.91 Å². The van der Waals surface area contributed by atoms with Crippen molar-refractivity contribution in [3.8, 4) is 0 Å². The molecule has 1 aliphatic heterocycles. The van der Waals surface area contributed by atoms with Crippen LogP contribution >= 0.6 is 0 Å². The normalized spacial score (nSPS) is 30.8. The summed E-state index contributed by atoms with van der Waals surface area (Å²) in [6.45, 7) is 4.85. The summed E-state index contributed by atoms with van der Waals surface area (Å²) in [5, 5.41) is 17.9. The zero-order valence-corrected chi connectivity index (χ0v) is 12.5. The fourth-order valence-corrected chi connectivity index (χ4v) is 3.58. The molecule has 1 amide bonds. The van der Waals surface area contributed by atoms with Crippen LogP contribution in [0.15, 0.2) is 0 Å². The smallest absolute Gasteiger partial charge is 0.307 e. The Hall–Kier alpha value is -1.59. The number of hydrogen-bond acceptors (Lipinski definition) is 3. The van der Waals surface area contributed by atoms with E-state index < -0.39 is 29.2 Å². The summed E-state index contributed by atoms with van der Waals surface area (Å²) in [7, 11) is 0. The van der Waals surface area contributed by atoms with Crippen LogP contribution in [-0.4, -0.2) is 46.0 Å². The SMILES string of the molecule is CC1(C)[C@H](C(=O)O)[C@@H]1C(=O)N1CCCC(CCC(=O)O)C1. The molecule has 2 rings (SSSR count). The molecule has 3 atom stereocenters. The van der Waals surface area contributed by atoms with Crippen LogP contribution in [0.1, 0.15) is 39.5 Å². The first-order valence-electron chi connectivity index (χ1n) is 7.48. The summed E-state index contributed by atoms with van der Waals surface area (Å²) in [4.78, 5) is 36.1. The van der Waals surface area contributed by atoms with Gasteiger partial charge in [-0.25, -0.2) is 0 Å². The van der Waals surface area contributed by atoms with E-state index >= 15 is 0 Å². The minimum Gasteiger partial charge on any atom is -0.481 e. The third kappa shape index (κ3) is 3.19. The lowest BCUT2D eigenvalue weighted by Crippen LogP contribution is -2.41. The number of amides is 1. The Morgan fingerprint density at radius 1 is 1.19 bits per heavy atom. The first-order valence-corrected chi connectivity index (χ1v) is 7.48. The van der Waals surface area contributed by atoms with Crippen LogP contribution in [-0.2, 0) is 14.4 Å². The van der Waals surface area contributed by atoms with Gasteiger partial charge in [0.25, 0.3) is 0 Å². The molecule has 2 fully saturated rings. The van der Waals surface area contributed by atoms with E-state index in [0.29, 0.717) is 19.5 Å². The standard InChI is InChI=1S/C15H23NO5/c1-15(2)11(12(15)14(20)21)13(19)16-7-3-4-9(8-16)5-6-10(17)18/h9,11-12H,3-8H2,1-2H3,(H,17,18)(H,20,21)/t9?,11-,12+/m1/s1. The Bertz CT molecular complexity index is 459. The van der Waals surface area contributed by atoms with Gasteiger partial charge in [-0.1, -0.05) is 13.8 Å². The van der Waals surface area contributed by atoms with E-state index in [1.165, 1.54) is 0 Å². The van der Waals surface area contributed by atoms with Gasteiger partial charge in [0, 0.05) is 19.5 Å². The summed E-state index contributed by atoms with van der Waals surface area (Å²) in [5.74, 6) is -2.61. The lowest BCUT2D eigenvalue weighted by molar-refractivity contribution is -0.142. The Morgan fingerprint density at radius 3 is 2.38 bits per heavy atom. The van der Waals surface area contributed by atoms with Gasteiger partial charge in [-0.15, -0.1) is 0 Å². The first kappa shape index (κ1) is 15.8. The van der Waals surface area contributed by atoms with Gasteiger partial charge in [0.1, 0.15) is 0 Å². The molecule has 1 saturated heterocycles. The second-order valence-corrected chi connectivity index (χ2v) is 6.84. The molecule has 6 nitrogen and oxygen atoms in total. The highest BCUT2D eigenvalue weighted by Gasteiger charge is 2.66. The summed E-state index contributed by atoms with van der Waals surface area (Å²) in [6.07, 6.45) is 2.50. The number of carbonyl (C=O) groups excluding carboxylic acids is 1. The maximum atomic E-state index is 12.5. The molecule has 118 valence electrons. The molecular weight excluding hydrogens is 274 g/mol. The van der Waals surface area contributed by atoms with Crippen molar-refractivity contribution >= 4 is 17.8 Å². The minimum atomic E-state index is -0.905. The van der Waals surface area contributed by atoms with Crippen LogP contribution in [0.4, 0.5) is 0 Å². The van der Waals surface area contributed by atoms with Gasteiger partial charge < -0.3 is 15.1 Å². The summed E-state index contributed by atoms with van der Waals surface area (Å²) in [5.41, 5.74) is -0.475. The van der Waals surface area contributed by atoms with Crippen LogP contribution in [0.2, 0.25) is 0 Å². The molecule has 0 aromatic rings. The molecule has 1 aliphatic carbocycles. The molecule has 1 saturated carbocycles. The van der Waals surface area contributed by atoms with E-state index in [4.69, 9.17) is 10.2 Å². The van der Waals surface area contributed by atoms with E-state index in [1.807, 2.05) is 13.8 Å². The number of likely N-dealkylation sites (tertiary alicyclic amines) is 1. The molecule has 0 aromatic carbocycles. The number of aliphatic carboxylic acids is 2. The molecule has 0 radical (unpaired) electrons. The number of carboxylic acid groups (broad SMARTS) is 2. The average molecular weight is 297 g/mol. The predicted octanol–water partition coefficient (Wildman–Crippen LogP) is 1.45. The predicted molar refractivity (Wildman–Crippen MR) is 74.6 cm³/mol. The highest BCUT2D eigenvalue weighted by Crippen LogP contribution is 2.59. The zero-order valence-electron chi connectivity index (χ0n) is 12.5. The topological polar surface area (TPSA) is 94.9 Å². The van der Waals surface area contributed by atoms with E-state index in [2.05, 4.69) is 0 Å². The van der Waals surface area contributed by atoms with Crippen LogP contribution in [0.25, 0.3) is 0 Å². The maximum absolute atomic E-state index is 12.5. The first-order chi connectivity index (χ1) is 9.75. The highest BCUT2D eigenvalue weighted by atomic mass is 16.4. The molecule has 21 heavy (non-hydrogen) atoms. The number of nitrogens with zero attached hydrogens (tertiary/aromatic N) is 1. The van der Waals surface area contributed by atoms with Crippen molar-refractivity contribution in [2.75, 3.05) is 13.1 Å². The van der Waals surface area contributed by atoms with Crippen LogP contribution < -0.4 is 0 Å². The summed E-state index contributed by atoms with van der Waals surface area (Å²) < 4.78 is 0. The molecule has 2 aliphatic rings. The van der Waals surface area contributed by atoms with Gasteiger partial charge >= 0.3 is 11.9 Å². The highest BCUT2D eigenvalue weighted by molar-refractivity contribution is 5.91. The monoisotopic (exact) mass is 297 g/mol. The van der Waals surface area contributed by atoms with Gasteiger partial charge in [-0.05, 0) is 30.6 Å². The molecule has 1 heterocycles. The second kappa shape index (κ2) is 5.66. The molecule has 6 heteroatoms. The average Bonchev–Trinajstić information content (AvgIpc) is 2.99. The molecule has 0 spiro atoms. The minimum absolute atomic E-state index is 0.0765. The number of carbonyl (C=O) groups is 3. The molecule has 1 unspecified atom stereocenters. The van der Waals surface area contributed by atoms with Crippen molar-refractivity contribution in [2.24, 2.45) is 23.2 Å². The lowest BCUT2D eigenvalue weighted by atomic mass is 9.93. The summed E-state index contributed by atoms with van der Waals surface area (Å²) in [6, 6.07) is 0. The second-order valence-electron chi connectivity index (χ2n) is 6.84. The molecule has 0 aromatic heterocycles. The third-order valence-corrected chi connectivity index (χ3v) is 4.96. The fraction of sp³-hybridized carbons (Fsp3) is 0.800. The number of piperidine rings is 1. The van der Waals surface area contributed by atoms with Crippen LogP contribution in [0.5, 0.6) is 0 Å². The van der Waals surface area contributed by atoms with Crippen LogP contribution in [0, 0.1) is 23.2 Å². The van der Waals surface area contributed by atoms with Crippen molar-refractivity contribution in [2.45, 2.75) is 39.5 Å². The lowest BCUT2D eigenvalue weighted by Gasteiger charge is -2.33. The van der Waals surface area contributed by atoms with Gasteiger partial charge in [0.15, 0.2) is 0 Å². The number of carboxylic acids is 2. The Balaban J connectivity index is 1.94. The van der Waals surface area contributed by atoms with E-state index in [-0.39, 0.29) is 18.2 Å². The third-order valence-electron chi connectivity index (χ3n) is 4.96. The Morgan fingerprint density at radius 2 is 1.86 bits per heavy atom. The van der Waals surface area contributed by atoms with Gasteiger partial charge in [-0.3, -0.25) is 14.4 Å². The van der Waals surface area contributed by atoms with Crippen molar-refractivity contribution in [1.82, 2.24) is 4.90 Å². The van der Waals surface area contributed by atoms with Crippen molar-refractivity contribution < 1.29 is 24.6 Å². The Labute approximate surface area is 124 Å². The van der Waals surface area contributed by atoms with Crippen molar-refractivity contribution in [3.63, 3.8) is 0 Å². The number of hydrogen-bond donors (Lipinski definition) is 2. The number of rotatable bonds is 5. The molecular formula is C15H23NO5. The summed E-state index contributed by atoms with van der Waals surface area (Å²) >= 11 is 0. The van der Waals surface area contributed by atoms with Gasteiger partial charge in [0.05, 0.1) is 11.8 Å². The molecule has 0 bridgehead atoms. The largest absolute Gasteiger partial charge is 0.481 e. The maximum Gasteiger partial charge on any atom is 0.307 e. The zero-order chi connectivity index (χ0) is 15.8. The quantitative estimate of drug-likeness (QED) is 0.800.